The third-order valence-electron chi connectivity index (χ3n) is 3.23. The van der Waals surface area contributed by atoms with Gasteiger partial charge in [0.1, 0.15) is 0 Å². The van der Waals surface area contributed by atoms with Gasteiger partial charge in [-0.1, -0.05) is 36.2 Å². The van der Waals surface area contributed by atoms with Crippen LogP contribution < -0.4 is 16.0 Å². The van der Waals surface area contributed by atoms with Crippen LogP contribution in [-0.4, -0.2) is 16.9 Å². The van der Waals surface area contributed by atoms with Gasteiger partial charge in [0.2, 0.25) is 5.91 Å². The molecule has 2 aromatic rings. The van der Waals surface area contributed by atoms with Crippen LogP contribution in [0.1, 0.15) is 30.1 Å². The van der Waals surface area contributed by atoms with Gasteiger partial charge in [0.25, 0.3) is 5.91 Å². The van der Waals surface area contributed by atoms with Gasteiger partial charge in [0.05, 0.1) is 0 Å². The molecule has 26 heavy (non-hydrogen) atoms. The van der Waals surface area contributed by atoms with Crippen LogP contribution in [0, 0.1) is 0 Å². The second-order valence-electron chi connectivity index (χ2n) is 5.45. The molecule has 3 N–H and O–H groups in total. The normalized spacial score (nSPS) is 10.1. The molecule has 2 rings (SSSR count). The van der Waals surface area contributed by atoms with Crippen LogP contribution >= 0.6 is 35.4 Å². The molecule has 2 aromatic carbocycles. The first kappa shape index (κ1) is 20.2. The Labute approximate surface area is 167 Å². The van der Waals surface area contributed by atoms with Crippen molar-refractivity contribution in [3.05, 3.63) is 58.1 Å². The van der Waals surface area contributed by atoms with E-state index < -0.39 is 5.91 Å². The van der Waals surface area contributed by atoms with Crippen molar-refractivity contribution in [2.45, 2.75) is 19.8 Å². The maximum atomic E-state index is 12.2. The zero-order chi connectivity index (χ0) is 19.1. The van der Waals surface area contributed by atoms with Crippen LogP contribution in [0.2, 0.25) is 10.0 Å². The van der Waals surface area contributed by atoms with Crippen LogP contribution in [0.15, 0.2) is 42.5 Å². The molecule has 0 radical (unpaired) electrons. The lowest BCUT2D eigenvalue weighted by Gasteiger charge is -2.11. The first-order chi connectivity index (χ1) is 12.4. The number of thiocarbonyl (C=S) groups is 1. The van der Waals surface area contributed by atoms with Crippen molar-refractivity contribution >= 4 is 63.7 Å². The summed E-state index contributed by atoms with van der Waals surface area (Å²) in [6.45, 7) is 1.94. The Kier molecular flexibility index (Phi) is 7.38. The number of nitrogens with one attached hydrogen (secondary N) is 3. The minimum absolute atomic E-state index is 0.0571. The highest BCUT2D eigenvalue weighted by molar-refractivity contribution is 7.80. The summed E-state index contributed by atoms with van der Waals surface area (Å²) in [7, 11) is 0. The van der Waals surface area contributed by atoms with Crippen LogP contribution in [0.25, 0.3) is 0 Å². The summed E-state index contributed by atoms with van der Waals surface area (Å²) in [5.41, 5.74) is 1.57. The topological polar surface area (TPSA) is 70.2 Å². The first-order valence-corrected chi connectivity index (χ1v) is 9.02. The lowest BCUT2D eigenvalue weighted by Crippen LogP contribution is -2.34. The Balaban J connectivity index is 1.99. The summed E-state index contributed by atoms with van der Waals surface area (Å²) in [4.78, 5) is 23.9. The summed E-state index contributed by atoms with van der Waals surface area (Å²) in [5, 5.41) is 9.08. The van der Waals surface area contributed by atoms with E-state index in [4.69, 9.17) is 35.4 Å². The molecule has 0 bridgehead atoms. The van der Waals surface area contributed by atoms with Gasteiger partial charge in [0.15, 0.2) is 5.11 Å². The molecular weight excluding hydrogens is 393 g/mol. The van der Waals surface area contributed by atoms with E-state index in [9.17, 15) is 9.59 Å². The van der Waals surface area contributed by atoms with Gasteiger partial charge in [-0.2, -0.15) is 0 Å². The van der Waals surface area contributed by atoms with Crippen molar-refractivity contribution in [1.29, 1.82) is 0 Å². The Morgan fingerprint density at radius 2 is 1.62 bits per heavy atom. The maximum absolute atomic E-state index is 12.2. The van der Waals surface area contributed by atoms with Crippen molar-refractivity contribution in [3.63, 3.8) is 0 Å². The fourth-order valence-electron chi connectivity index (χ4n) is 2.15. The number of hydrogen-bond acceptors (Lipinski definition) is 3. The van der Waals surface area contributed by atoms with Gasteiger partial charge >= 0.3 is 0 Å². The predicted octanol–water partition coefficient (Wildman–Crippen LogP) is 4.86. The van der Waals surface area contributed by atoms with Gasteiger partial charge in [-0.05, 0) is 55.0 Å². The number of carbonyl (C=O) groups excluding carboxylic acids is 2. The molecule has 0 heterocycles. The average Bonchev–Trinajstić information content (AvgIpc) is 2.54. The van der Waals surface area contributed by atoms with Crippen molar-refractivity contribution in [1.82, 2.24) is 5.32 Å². The third kappa shape index (κ3) is 6.29. The van der Waals surface area contributed by atoms with E-state index in [1.165, 1.54) is 18.2 Å². The smallest absolute Gasteiger partial charge is 0.257 e. The molecule has 8 heteroatoms. The van der Waals surface area contributed by atoms with Gasteiger partial charge in [-0.25, -0.2) is 0 Å². The fraction of sp³-hybridized carbons (Fsp3) is 0.167. The number of carbonyl (C=O) groups is 2. The Hall–Kier alpha value is -2.15. The Morgan fingerprint density at radius 3 is 2.23 bits per heavy atom. The van der Waals surface area contributed by atoms with Crippen molar-refractivity contribution in [2.75, 3.05) is 10.6 Å². The summed E-state index contributed by atoms with van der Waals surface area (Å²) in [5.74, 6) is -0.488. The molecule has 0 saturated heterocycles. The molecule has 0 aliphatic rings. The van der Waals surface area contributed by atoms with Crippen LogP contribution in [0.4, 0.5) is 11.4 Å². The molecule has 0 unspecified atom stereocenters. The summed E-state index contributed by atoms with van der Waals surface area (Å²) in [6.07, 6.45) is 1.22. The second kappa shape index (κ2) is 9.52. The van der Waals surface area contributed by atoms with Crippen LogP contribution in [0.5, 0.6) is 0 Å². The van der Waals surface area contributed by atoms with E-state index in [0.717, 1.165) is 6.42 Å². The molecule has 0 saturated carbocycles. The lowest BCUT2D eigenvalue weighted by atomic mass is 10.2. The first-order valence-electron chi connectivity index (χ1n) is 7.85. The standard InChI is InChI=1S/C18H17Cl2N3O2S/c1-2-4-16(24)21-14-5-3-6-15(10-14)22-18(26)23-17(25)11-7-12(19)9-13(20)8-11/h3,5-10H,2,4H2,1H3,(H,21,24)(H2,22,23,25,26). The number of hydrogen-bond donors (Lipinski definition) is 3. The molecule has 0 aliphatic heterocycles. The maximum Gasteiger partial charge on any atom is 0.257 e. The molecule has 0 atom stereocenters. The molecule has 0 aliphatic carbocycles. The van der Waals surface area contributed by atoms with Crippen LogP contribution in [0.3, 0.4) is 0 Å². The number of rotatable bonds is 5. The van der Waals surface area contributed by atoms with Gasteiger partial charge < -0.3 is 10.6 Å². The summed E-state index contributed by atoms with van der Waals surface area (Å²) >= 11 is 16.9. The highest BCUT2D eigenvalue weighted by Gasteiger charge is 2.10. The van der Waals surface area contributed by atoms with E-state index in [1.54, 1.807) is 24.3 Å². The molecule has 136 valence electrons. The summed E-state index contributed by atoms with van der Waals surface area (Å²) < 4.78 is 0. The minimum atomic E-state index is -0.431. The van der Waals surface area contributed by atoms with Gasteiger partial charge in [-0.3, -0.25) is 14.9 Å². The largest absolute Gasteiger partial charge is 0.332 e. The zero-order valence-corrected chi connectivity index (χ0v) is 16.3. The molecule has 0 fully saturated rings. The van der Waals surface area contributed by atoms with Crippen molar-refractivity contribution in [2.24, 2.45) is 0 Å². The third-order valence-corrected chi connectivity index (χ3v) is 3.87. The Morgan fingerprint density at radius 1 is 1.00 bits per heavy atom. The van der Waals surface area contributed by atoms with E-state index in [2.05, 4.69) is 16.0 Å². The van der Waals surface area contributed by atoms with E-state index >= 15 is 0 Å². The lowest BCUT2D eigenvalue weighted by molar-refractivity contribution is -0.116. The highest BCUT2D eigenvalue weighted by atomic mass is 35.5. The van der Waals surface area contributed by atoms with E-state index in [-0.39, 0.29) is 11.0 Å². The second-order valence-corrected chi connectivity index (χ2v) is 6.73. The van der Waals surface area contributed by atoms with E-state index in [0.29, 0.717) is 33.4 Å². The number of anilines is 2. The Bertz CT molecular complexity index is 823. The quantitative estimate of drug-likeness (QED) is 0.616. The van der Waals surface area contributed by atoms with E-state index in [1.807, 2.05) is 6.92 Å². The minimum Gasteiger partial charge on any atom is -0.332 e. The molecule has 0 spiro atoms. The molecular formula is C18H17Cl2N3O2S. The number of halogens is 2. The highest BCUT2D eigenvalue weighted by Crippen LogP contribution is 2.19. The number of benzene rings is 2. The number of amides is 2. The average molecular weight is 410 g/mol. The zero-order valence-electron chi connectivity index (χ0n) is 13.9. The van der Waals surface area contributed by atoms with Crippen molar-refractivity contribution < 1.29 is 9.59 Å². The monoisotopic (exact) mass is 409 g/mol. The van der Waals surface area contributed by atoms with Crippen LogP contribution in [-0.2, 0) is 4.79 Å². The van der Waals surface area contributed by atoms with Crippen molar-refractivity contribution in [3.8, 4) is 0 Å². The fourth-order valence-corrected chi connectivity index (χ4v) is 2.88. The van der Waals surface area contributed by atoms with Gasteiger partial charge in [-0.15, -0.1) is 0 Å². The molecule has 2 amide bonds. The summed E-state index contributed by atoms with van der Waals surface area (Å²) in [6, 6.07) is 11.6. The molecule has 0 aromatic heterocycles. The van der Waals surface area contributed by atoms with Gasteiger partial charge in [0, 0.05) is 33.4 Å². The molecule has 5 nitrogen and oxygen atoms in total. The SMILES string of the molecule is CCCC(=O)Nc1cccc(NC(=S)NC(=O)c2cc(Cl)cc(Cl)c2)c1. The predicted molar refractivity (Wildman–Crippen MR) is 110 cm³/mol.